The first kappa shape index (κ1) is 23.8. The number of hydrogen-bond acceptors (Lipinski definition) is 11. The molecule has 0 bridgehead atoms. The van der Waals surface area contributed by atoms with Crippen LogP contribution in [-0.4, -0.2) is 61.7 Å². The zero-order valence-corrected chi connectivity index (χ0v) is 19.5. The van der Waals surface area contributed by atoms with Crippen molar-refractivity contribution in [3.63, 3.8) is 0 Å². The van der Waals surface area contributed by atoms with Crippen molar-refractivity contribution in [2.75, 3.05) is 50.5 Å². The van der Waals surface area contributed by atoms with E-state index < -0.39 is 6.09 Å². The quantitative estimate of drug-likeness (QED) is 0.411. The maximum absolute atomic E-state index is 12.0. The SMILES string of the molecule is COc1cc(Nc2ncnc(Nc3ccc(NC(=O)OC4CCOC4)cc3)n2)cc(OC)c1OC. The number of amides is 1. The summed E-state index contributed by atoms with van der Waals surface area (Å²) >= 11 is 0. The van der Waals surface area contributed by atoms with E-state index in [-0.39, 0.29) is 6.10 Å². The second-order valence-corrected chi connectivity index (χ2v) is 7.39. The lowest BCUT2D eigenvalue weighted by Crippen LogP contribution is -2.22. The van der Waals surface area contributed by atoms with E-state index in [1.165, 1.54) is 13.4 Å². The summed E-state index contributed by atoms with van der Waals surface area (Å²) in [5.41, 5.74) is 1.96. The van der Waals surface area contributed by atoms with E-state index in [4.69, 9.17) is 23.7 Å². The molecule has 0 spiro atoms. The number of rotatable bonds is 9. The van der Waals surface area contributed by atoms with Crippen LogP contribution in [0.15, 0.2) is 42.7 Å². The lowest BCUT2D eigenvalue weighted by atomic mass is 10.2. The molecule has 3 N–H and O–H groups in total. The number of benzene rings is 2. The number of nitrogens with one attached hydrogen (secondary N) is 3. The summed E-state index contributed by atoms with van der Waals surface area (Å²) in [5, 5.41) is 8.90. The van der Waals surface area contributed by atoms with E-state index in [1.54, 1.807) is 50.6 Å². The minimum absolute atomic E-state index is 0.206. The summed E-state index contributed by atoms with van der Waals surface area (Å²) in [6.45, 7) is 1.04. The normalized spacial score (nSPS) is 14.7. The number of aromatic nitrogens is 3. The number of anilines is 5. The molecule has 1 atom stereocenters. The zero-order chi connectivity index (χ0) is 24.6. The largest absolute Gasteiger partial charge is 0.493 e. The minimum Gasteiger partial charge on any atom is -0.493 e. The summed E-state index contributed by atoms with van der Waals surface area (Å²) in [7, 11) is 4.62. The molecule has 1 aliphatic rings. The van der Waals surface area contributed by atoms with E-state index in [2.05, 4.69) is 30.9 Å². The van der Waals surface area contributed by atoms with Crippen molar-refractivity contribution in [1.29, 1.82) is 0 Å². The van der Waals surface area contributed by atoms with Crippen molar-refractivity contribution in [3.05, 3.63) is 42.7 Å². The van der Waals surface area contributed by atoms with Crippen molar-refractivity contribution >= 4 is 35.1 Å². The van der Waals surface area contributed by atoms with Crippen molar-refractivity contribution in [2.45, 2.75) is 12.5 Å². The van der Waals surface area contributed by atoms with Crippen LogP contribution in [-0.2, 0) is 9.47 Å². The topological polar surface area (TPSA) is 138 Å². The highest BCUT2D eigenvalue weighted by atomic mass is 16.6. The smallest absolute Gasteiger partial charge is 0.411 e. The van der Waals surface area contributed by atoms with Gasteiger partial charge in [-0.1, -0.05) is 0 Å². The zero-order valence-electron chi connectivity index (χ0n) is 19.5. The fourth-order valence-electron chi connectivity index (χ4n) is 3.37. The van der Waals surface area contributed by atoms with Gasteiger partial charge in [-0.3, -0.25) is 5.32 Å². The molecule has 12 heteroatoms. The molecule has 3 aromatic rings. The van der Waals surface area contributed by atoms with E-state index in [0.29, 0.717) is 60.2 Å². The number of ether oxygens (including phenoxy) is 5. The lowest BCUT2D eigenvalue weighted by Gasteiger charge is -2.14. The van der Waals surface area contributed by atoms with Gasteiger partial charge in [0.05, 0.1) is 34.5 Å². The number of carbonyl (C=O) groups is 1. The van der Waals surface area contributed by atoms with Crippen LogP contribution in [0.2, 0.25) is 0 Å². The average Bonchev–Trinajstić information content (AvgIpc) is 3.37. The minimum atomic E-state index is -0.513. The van der Waals surface area contributed by atoms with Gasteiger partial charge in [0.15, 0.2) is 11.5 Å². The third-order valence-electron chi connectivity index (χ3n) is 5.04. The maximum Gasteiger partial charge on any atom is 0.411 e. The Bertz CT molecular complexity index is 1130. The molecule has 0 aliphatic carbocycles. The van der Waals surface area contributed by atoms with Gasteiger partial charge in [0, 0.05) is 35.6 Å². The molecule has 1 fully saturated rings. The fourth-order valence-corrected chi connectivity index (χ4v) is 3.37. The second kappa shape index (κ2) is 11.2. The highest BCUT2D eigenvalue weighted by molar-refractivity contribution is 5.85. The van der Waals surface area contributed by atoms with Crippen LogP contribution < -0.4 is 30.2 Å². The van der Waals surface area contributed by atoms with Crippen LogP contribution in [0.3, 0.4) is 0 Å². The van der Waals surface area contributed by atoms with Gasteiger partial charge in [-0.2, -0.15) is 4.98 Å². The fraction of sp³-hybridized carbons (Fsp3) is 0.304. The highest BCUT2D eigenvalue weighted by Crippen LogP contribution is 2.40. The molecule has 4 rings (SSSR count). The van der Waals surface area contributed by atoms with E-state index >= 15 is 0 Å². The highest BCUT2D eigenvalue weighted by Gasteiger charge is 2.20. The standard InChI is InChI=1S/C23H26N6O6/c1-31-18-10-16(11-19(32-2)20(18)33-3)27-22-25-13-24-21(29-22)26-14-4-6-15(7-5-14)28-23(30)35-17-8-9-34-12-17/h4-7,10-11,13,17H,8-9,12H2,1-3H3,(H,28,30)(H2,24,25,26,27,29). The predicted octanol–water partition coefficient (Wildman–Crippen LogP) is 3.72. The molecule has 1 saturated heterocycles. The van der Waals surface area contributed by atoms with E-state index in [1.807, 2.05) is 0 Å². The molecule has 2 aromatic carbocycles. The summed E-state index contributed by atoms with van der Waals surface area (Å²) in [4.78, 5) is 24.7. The Kier molecular flexibility index (Phi) is 7.63. The summed E-state index contributed by atoms with van der Waals surface area (Å²) in [5.74, 6) is 2.12. The van der Waals surface area contributed by atoms with Gasteiger partial charge in [0.1, 0.15) is 12.4 Å². The molecule has 12 nitrogen and oxygen atoms in total. The third-order valence-corrected chi connectivity index (χ3v) is 5.04. The van der Waals surface area contributed by atoms with Crippen LogP contribution >= 0.6 is 0 Å². The van der Waals surface area contributed by atoms with Crippen LogP contribution in [0.4, 0.5) is 33.8 Å². The lowest BCUT2D eigenvalue weighted by molar-refractivity contribution is 0.0932. The van der Waals surface area contributed by atoms with Gasteiger partial charge in [-0.25, -0.2) is 14.8 Å². The van der Waals surface area contributed by atoms with Crippen molar-refractivity contribution < 1.29 is 28.5 Å². The first-order chi connectivity index (χ1) is 17.1. The number of methoxy groups -OCH3 is 3. The molecule has 1 unspecified atom stereocenters. The van der Waals surface area contributed by atoms with Crippen LogP contribution in [0.25, 0.3) is 0 Å². The van der Waals surface area contributed by atoms with Gasteiger partial charge >= 0.3 is 6.09 Å². The Balaban J connectivity index is 1.39. The summed E-state index contributed by atoms with van der Waals surface area (Å²) in [6, 6.07) is 10.5. The number of nitrogens with zero attached hydrogens (tertiary/aromatic N) is 3. The predicted molar refractivity (Wildman–Crippen MR) is 128 cm³/mol. The Labute approximate surface area is 201 Å². The van der Waals surface area contributed by atoms with E-state index in [9.17, 15) is 4.79 Å². The summed E-state index contributed by atoms with van der Waals surface area (Å²) in [6.07, 6.45) is 1.37. The molecule has 1 amide bonds. The second-order valence-electron chi connectivity index (χ2n) is 7.39. The van der Waals surface area contributed by atoms with Gasteiger partial charge < -0.3 is 34.3 Å². The first-order valence-electron chi connectivity index (χ1n) is 10.8. The van der Waals surface area contributed by atoms with Gasteiger partial charge in [0.2, 0.25) is 17.6 Å². The van der Waals surface area contributed by atoms with Crippen LogP contribution in [0, 0.1) is 0 Å². The first-order valence-corrected chi connectivity index (χ1v) is 10.8. The molecule has 1 aromatic heterocycles. The molecular weight excluding hydrogens is 456 g/mol. The monoisotopic (exact) mass is 482 g/mol. The molecule has 0 saturated carbocycles. The molecule has 35 heavy (non-hydrogen) atoms. The molecule has 0 radical (unpaired) electrons. The summed E-state index contributed by atoms with van der Waals surface area (Å²) < 4.78 is 26.6. The molecular formula is C23H26N6O6. The molecule has 2 heterocycles. The third kappa shape index (κ3) is 6.18. The molecule has 184 valence electrons. The maximum atomic E-state index is 12.0. The average molecular weight is 482 g/mol. The molecule has 1 aliphatic heterocycles. The van der Waals surface area contributed by atoms with E-state index in [0.717, 1.165) is 5.69 Å². The number of hydrogen-bond donors (Lipinski definition) is 3. The Morgan fingerprint density at radius 2 is 1.54 bits per heavy atom. The van der Waals surface area contributed by atoms with Gasteiger partial charge in [-0.15, -0.1) is 0 Å². The Morgan fingerprint density at radius 3 is 2.11 bits per heavy atom. The Morgan fingerprint density at radius 1 is 0.914 bits per heavy atom. The van der Waals surface area contributed by atoms with Gasteiger partial charge in [-0.05, 0) is 24.3 Å². The number of carbonyl (C=O) groups excluding carboxylic acids is 1. The van der Waals surface area contributed by atoms with Gasteiger partial charge in [0.25, 0.3) is 0 Å². The van der Waals surface area contributed by atoms with Crippen molar-refractivity contribution in [1.82, 2.24) is 15.0 Å². The Hall–Kier alpha value is -4.32. The van der Waals surface area contributed by atoms with Crippen molar-refractivity contribution in [2.24, 2.45) is 0 Å². The van der Waals surface area contributed by atoms with Crippen molar-refractivity contribution in [3.8, 4) is 17.2 Å². The van der Waals surface area contributed by atoms with Crippen LogP contribution in [0.1, 0.15) is 6.42 Å². The van der Waals surface area contributed by atoms with Crippen LogP contribution in [0.5, 0.6) is 17.2 Å².